The number of aliphatic hydroxyl groups excluding tert-OH is 1. The average Bonchev–Trinajstić information content (AvgIpc) is 1.45. The number of rotatable bonds is 5. The summed E-state index contributed by atoms with van der Waals surface area (Å²) in [6, 6.07) is -10.0. The highest BCUT2D eigenvalue weighted by molar-refractivity contribution is 6.11. The molecule has 30 heteroatoms. The molecule has 0 bridgehead atoms. The number of benzene rings is 2. The van der Waals surface area contributed by atoms with Crippen molar-refractivity contribution in [1.82, 2.24) is 55.7 Å². The predicted molar refractivity (Wildman–Crippen MR) is 321 cm³/mol. The number of aromatic nitrogens is 1. The van der Waals surface area contributed by atoms with Crippen LogP contribution in [0.15, 0.2) is 21.3 Å². The van der Waals surface area contributed by atoms with Gasteiger partial charge in [0.2, 0.25) is 52.7 Å². The SMILES string of the molecule is Cc1c2oc3c(C)ccc(C(=O)N[C@@H]4C(=O)N[C@H](C(C)C)C(=O)N5[C@H](C(=O)N(C)CC(=O)N(C)[C@@H](C(C)C)C(=O)O[C@@H]4C)[C@@H](O)C[C@@H]5C)c3nc-2c2c(c1=O)NC[C@H]1OC(=O)[C@H](C)N(C)C(=O)CN(C)C(=O)[C@@H]3CC(=O)CN3C(=O)[C@@H](C(C)C)NC(=O)[C@H]1NC2=O. The van der Waals surface area contributed by atoms with Crippen molar-refractivity contribution < 1.29 is 81.3 Å². The van der Waals surface area contributed by atoms with E-state index in [9.17, 15) is 62.6 Å². The first-order valence-electron chi connectivity index (χ1n) is 30.2. The molecule has 10 amide bonds. The first-order valence-corrected chi connectivity index (χ1v) is 30.2. The van der Waals surface area contributed by atoms with Crippen molar-refractivity contribution in [3.8, 4) is 11.5 Å². The molecule has 1 aliphatic carbocycles. The summed E-state index contributed by atoms with van der Waals surface area (Å²) >= 11 is 0. The van der Waals surface area contributed by atoms with E-state index >= 15 is 9.59 Å². The Labute approximate surface area is 524 Å². The van der Waals surface area contributed by atoms with Gasteiger partial charge >= 0.3 is 11.9 Å². The summed E-state index contributed by atoms with van der Waals surface area (Å²) < 4.78 is 18.3. The van der Waals surface area contributed by atoms with Crippen molar-refractivity contribution >= 4 is 93.6 Å². The van der Waals surface area contributed by atoms with E-state index in [1.165, 1.54) is 66.0 Å². The third-order valence-corrected chi connectivity index (χ3v) is 17.8. The molecule has 1 aromatic carbocycles. The highest BCUT2D eigenvalue weighted by Crippen LogP contribution is 2.37. The van der Waals surface area contributed by atoms with Crippen LogP contribution in [0.4, 0.5) is 5.69 Å². The molecule has 0 spiro atoms. The molecule has 6 aliphatic heterocycles. The zero-order chi connectivity index (χ0) is 67.4. The monoisotopic (exact) mass is 1270 g/mol. The van der Waals surface area contributed by atoms with Crippen LogP contribution in [0.1, 0.15) is 107 Å². The number of Topliss-reactive ketones (excluding diaryl/α,β-unsaturated/α-hetero) is 1. The average molecular weight is 1270 g/mol. The zero-order valence-electron chi connectivity index (χ0n) is 53.6. The Morgan fingerprint density at radius 1 is 0.714 bits per heavy atom. The normalized spacial score (nSPS) is 28.3. The van der Waals surface area contributed by atoms with Gasteiger partial charge in [-0.3, -0.25) is 57.5 Å². The molecule has 30 nitrogen and oxygen atoms in total. The molecular weight excluding hydrogens is 1190 g/mol. The summed E-state index contributed by atoms with van der Waals surface area (Å²) in [6.45, 7) is 14.7. The van der Waals surface area contributed by atoms with Gasteiger partial charge in [0.15, 0.2) is 17.1 Å². The maximum Gasteiger partial charge on any atom is 0.329 e. The third kappa shape index (κ3) is 13.0. The third-order valence-electron chi connectivity index (χ3n) is 17.8. The highest BCUT2D eigenvalue weighted by atomic mass is 16.6. The molecule has 0 radical (unpaired) electrons. The molecule has 8 rings (SSSR count). The van der Waals surface area contributed by atoms with E-state index < -0.39 is 210 Å². The lowest BCUT2D eigenvalue weighted by Crippen LogP contribution is -2.63. The van der Waals surface area contributed by atoms with E-state index in [0.29, 0.717) is 5.56 Å². The lowest BCUT2D eigenvalue weighted by Gasteiger charge is -2.37. The number of likely N-dealkylation sites (N-methyl/N-ethyl adjacent to an activating group) is 4. The topological polar surface area (TPSA) is 383 Å². The molecule has 91 heavy (non-hydrogen) atoms. The van der Waals surface area contributed by atoms with Gasteiger partial charge in [-0.15, -0.1) is 0 Å². The number of cyclic esters (lactones) is 1. The number of fused-ring (bicyclic) bond motifs is 7. The number of esters is 2. The Kier molecular flexibility index (Phi) is 19.7. The summed E-state index contributed by atoms with van der Waals surface area (Å²) in [5.74, 6) is -13.8. The smallest absolute Gasteiger partial charge is 0.329 e. The Morgan fingerprint density at radius 3 is 1.95 bits per heavy atom. The molecule has 4 fully saturated rings. The molecule has 6 N–H and O–H groups in total. The van der Waals surface area contributed by atoms with Crippen molar-refractivity contribution in [2.45, 2.75) is 162 Å². The van der Waals surface area contributed by atoms with E-state index in [0.717, 1.165) is 24.5 Å². The first-order chi connectivity index (χ1) is 42.6. The number of carbonyl (C=O) groups excluding carboxylic acids is 13. The fourth-order valence-electron chi connectivity index (χ4n) is 12.3. The molecule has 1 aromatic rings. The van der Waals surface area contributed by atoms with Crippen LogP contribution in [0.3, 0.4) is 0 Å². The number of nitrogens with one attached hydrogen (secondary N) is 5. The Hall–Kier alpha value is -9.09. The number of hydrogen-bond donors (Lipinski definition) is 6. The summed E-state index contributed by atoms with van der Waals surface area (Å²) in [5.41, 5.74) is -2.48. The minimum atomic E-state index is -1.90. The van der Waals surface area contributed by atoms with Gasteiger partial charge < -0.3 is 75.0 Å². The van der Waals surface area contributed by atoms with Crippen LogP contribution in [0.5, 0.6) is 0 Å². The zero-order valence-corrected chi connectivity index (χ0v) is 53.6. The number of ketones is 1. The van der Waals surface area contributed by atoms with Crippen LogP contribution in [-0.2, 0) is 62.2 Å². The van der Waals surface area contributed by atoms with Gasteiger partial charge in [0, 0.05) is 46.2 Å². The quantitative estimate of drug-likeness (QED) is 0.124. The molecule has 0 saturated carbocycles. The number of nitrogens with zero attached hydrogens (tertiary/aromatic N) is 7. The van der Waals surface area contributed by atoms with Gasteiger partial charge in [0.25, 0.3) is 11.8 Å². The highest BCUT2D eigenvalue weighted by Gasteiger charge is 2.51. The Morgan fingerprint density at radius 2 is 1.32 bits per heavy atom. The molecule has 7 aliphatic rings. The van der Waals surface area contributed by atoms with E-state index in [1.54, 1.807) is 55.4 Å². The lowest BCUT2D eigenvalue weighted by atomic mass is 9.96. The van der Waals surface area contributed by atoms with Crippen molar-refractivity contribution in [2.24, 2.45) is 17.8 Å². The number of aliphatic hydroxyl groups is 1. The van der Waals surface area contributed by atoms with Crippen molar-refractivity contribution in [3.05, 3.63) is 44.6 Å². The number of carbonyl (C=O) groups is 13. The largest absolute Gasteiger partial charge is 0.458 e. The Bertz CT molecular complexity index is 3570. The number of aryl methyl sites for hydroxylation is 1. The van der Waals surface area contributed by atoms with Gasteiger partial charge in [-0.1, -0.05) is 47.6 Å². The molecule has 0 unspecified atom stereocenters. The van der Waals surface area contributed by atoms with Gasteiger partial charge in [0.05, 0.1) is 49.1 Å². The van der Waals surface area contributed by atoms with Crippen molar-refractivity contribution in [3.63, 3.8) is 0 Å². The number of anilines is 1. The first kappa shape index (κ1) is 67.8. The standard InChI is InChI=1S/C61H80N12O18/c1-24(2)40-57(84)72-21-32(74)19-34(72)56(83)68(12)22-37(76)70(14)30(10)60(87)90-36-20-62-45-39(53(80)67-44(36)55(82)64-40)46-51(29(9)49(45)78)91-50-27(7)16-17-33(43(50)63-46)52(79)66-42-31(11)89-61(88)47(26(5)6)71(15)38(77)23-69(13)59(86)48-35(75)18-28(8)73(48)58(85)41(25(3)4)65-54(42)81/h16-17,24-26,28,30-31,34-36,40-42,44,47-48,62,75H,18-23H2,1-15H3,(H,64,82)(H,65,81)(H,66,79)(H,67,80)/t28-,30-,31+,34-,35-,36+,40+,41+,42-,44-,47-,48-/m0/s1. The van der Waals surface area contributed by atoms with Crippen LogP contribution >= 0.6 is 0 Å². The van der Waals surface area contributed by atoms with Gasteiger partial charge in [-0.25, -0.2) is 14.6 Å². The van der Waals surface area contributed by atoms with E-state index in [1.807, 2.05) is 0 Å². The van der Waals surface area contributed by atoms with Crippen molar-refractivity contribution in [1.29, 1.82) is 0 Å². The minimum Gasteiger partial charge on any atom is -0.458 e. The summed E-state index contributed by atoms with van der Waals surface area (Å²) in [4.78, 5) is 212. The maximum absolute atomic E-state index is 15.2. The molecule has 12 atom stereocenters. The van der Waals surface area contributed by atoms with Gasteiger partial charge in [-0.2, -0.15) is 0 Å². The summed E-state index contributed by atoms with van der Waals surface area (Å²) in [7, 11) is 5.22. The second-order valence-electron chi connectivity index (χ2n) is 25.4. The fourth-order valence-corrected chi connectivity index (χ4v) is 12.3. The molecule has 492 valence electrons. The summed E-state index contributed by atoms with van der Waals surface area (Å²) in [5, 5.41) is 24.7. The number of ether oxygens (including phenoxy) is 2. The lowest BCUT2D eigenvalue weighted by molar-refractivity contribution is -0.163. The van der Waals surface area contributed by atoms with E-state index in [-0.39, 0.29) is 46.5 Å². The molecule has 0 aromatic heterocycles. The second-order valence-corrected chi connectivity index (χ2v) is 25.4. The molecule has 4 saturated heterocycles. The second kappa shape index (κ2) is 26.4. The predicted octanol–water partition coefficient (Wildman–Crippen LogP) is -1.55. The van der Waals surface area contributed by atoms with Crippen molar-refractivity contribution in [2.75, 3.05) is 59.7 Å². The van der Waals surface area contributed by atoms with Crippen LogP contribution < -0.4 is 32.0 Å². The summed E-state index contributed by atoms with van der Waals surface area (Å²) in [6.07, 6.45) is -5.01. The fraction of sp³-hybridized carbons (Fsp3) is 0.590. The minimum absolute atomic E-state index is 0.0214. The van der Waals surface area contributed by atoms with Crippen LogP contribution in [-0.4, -0.2) is 243 Å². The van der Waals surface area contributed by atoms with E-state index in [4.69, 9.17) is 18.9 Å². The van der Waals surface area contributed by atoms with Crippen LogP contribution in [0.25, 0.3) is 22.6 Å². The molecular formula is C61H80N12O18. The van der Waals surface area contributed by atoms with E-state index in [2.05, 4.69) is 26.6 Å². The van der Waals surface area contributed by atoms with Gasteiger partial charge in [0.1, 0.15) is 71.8 Å². The maximum atomic E-state index is 15.2. The van der Waals surface area contributed by atoms with Gasteiger partial charge in [-0.05, 0) is 70.4 Å². The van der Waals surface area contributed by atoms with Crippen LogP contribution in [0.2, 0.25) is 0 Å². The Balaban J connectivity index is 1.22. The van der Waals surface area contributed by atoms with Crippen LogP contribution in [0, 0.1) is 31.6 Å². The number of amides is 10. The number of hydrogen-bond acceptors (Lipinski definition) is 20. The molecule has 6 heterocycles.